The molecular formula is C28H29N7O3. The third kappa shape index (κ3) is 4.46. The van der Waals surface area contributed by atoms with Gasteiger partial charge in [-0.3, -0.25) is 29.0 Å². The van der Waals surface area contributed by atoms with Crippen LogP contribution in [0.2, 0.25) is 0 Å². The van der Waals surface area contributed by atoms with Crippen LogP contribution in [-0.2, 0) is 16.1 Å². The van der Waals surface area contributed by atoms with Crippen molar-refractivity contribution in [3.05, 3.63) is 60.6 Å². The molecule has 0 bridgehead atoms. The lowest BCUT2D eigenvalue weighted by Crippen LogP contribution is -2.46. The van der Waals surface area contributed by atoms with Crippen molar-refractivity contribution in [1.29, 1.82) is 0 Å². The minimum atomic E-state index is -0.581. The van der Waals surface area contributed by atoms with E-state index in [-0.39, 0.29) is 41.5 Å². The van der Waals surface area contributed by atoms with Crippen molar-refractivity contribution in [1.82, 2.24) is 29.6 Å². The Hall–Kier alpha value is -4.34. The van der Waals surface area contributed by atoms with E-state index in [0.29, 0.717) is 40.5 Å². The van der Waals surface area contributed by atoms with Gasteiger partial charge >= 0.3 is 0 Å². The molecule has 5 rings (SSSR count). The number of carbonyl (C=O) groups excluding carboxylic acids is 3. The number of aryl methyl sites for hydroxylation is 2. The second kappa shape index (κ2) is 9.85. The molecule has 10 heteroatoms. The number of aliphatic imine (C=N–C) groups is 1. The summed E-state index contributed by atoms with van der Waals surface area (Å²) in [5.41, 5.74) is 3.11. The second-order valence-electron chi connectivity index (χ2n) is 9.75. The summed E-state index contributed by atoms with van der Waals surface area (Å²) in [5, 5.41) is 5.14. The molecule has 10 nitrogen and oxygen atoms in total. The van der Waals surface area contributed by atoms with E-state index in [4.69, 9.17) is 4.98 Å². The fourth-order valence-electron chi connectivity index (χ4n) is 5.32. The molecule has 1 aliphatic carbocycles. The lowest BCUT2D eigenvalue weighted by atomic mass is 10.0. The Morgan fingerprint density at radius 2 is 1.92 bits per heavy atom. The van der Waals surface area contributed by atoms with Crippen molar-refractivity contribution in [2.24, 2.45) is 10.9 Å². The van der Waals surface area contributed by atoms with E-state index in [1.165, 1.54) is 17.8 Å². The molecule has 1 amide bonds. The van der Waals surface area contributed by atoms with Crippen LogP contribution in [0.1, 0.15) is 48.7 Å². The Kier molecular flexibility index (Phi) is 6.56. The predicted molar refractivity (Wildman–Crippen MR) is 143 cm³/mol. The SMILES string of the molecule is C=CN=C(/C=C\C)C(=O)[C@@H]1C[C@H]2C[C@H]2N1C(=O)Cn1nc(C(C)=O)c2cc(-c3cnc(C)nc3)nc(C)c21. The van der Waals surface area contributed by atoms with Gasteiger partial charge in [-0.2, -0.15) is 5.10 Å². The van der Waals surface area contributed by atoms with E-state index in [2.05, 4.69) is 26.6 Å². The van der Waals surface area contributed by atoms with Gasteiger partial charge in [-0.25, -0.2) is 9.97 Å². The zero-order chi connectivity index (χ0) is 27.1. The first kappa shape index (κ1) is 25.3. The van der Waals surface area contributed by atoms with Gasteiger partial charge in [-0.05, 0) is 51.7 Å². The smallest absolute Gasteiger partial charge is 0.245 e. The quantitative estimate of drug-likeness (QED) is 0.335. The van der Waals surface area contributed by atoms with Crippen LogP contribution in [0, 0.1) is 19.8 Å². The van der Waals surface area contributed by atoms with Crippen LogP contribution >= 0.6 is 0 Å². The average Bonchev–Trinajstić information content (AvgIpc) is 3.38. The van der Waals surface area contributed by atoms with Crippen molar-refractivity contribution in [3.8, 4) is 11.3 Å². The summed E-state index contributed by atoms with van der Waals surface area (Å²) in [7, 11) is 0. The Labute approximate surface area is 220 Å². The summed E-state index contributed by atoms with van der Waals surface area (Å²) in [6.07, 6.45) is 9.59. The number of nitrogens with zero attached hydrogens (tertiary/aromatic N) is 7. The Balaban J connectivity index is 1.50. The number of piperidine rings is 1. The van der Waals surface area contributed by atoms with Gasteiger partial charge in [0.25, 0.3) is 0 Å². The van der Waals surface area contributed by atoms with Crippen LogP contribution in [0.15, 0.2) is 48.4 Å². The molecule has 4 heterocycles. The zero-order valence-corrected chi connectivity index (χ0v) is 21.9. The van der Waals surface area contributed by atoms with Crippen LogP contribution in [0.5, 0.6) is 0 Å². The van der Waals surface area contributed by atoms with Gasteiger partial charge in [0.2, 0.25) is 11.7 Å². The first-order chi connectivity index (χ1) is 18.2. The van der Waals surface area contributed by atoms with Gasteiger partial charge in [0, 0.05) is 42.5 Å². The number of amides is 1. The molecule has 1 aliphatic heterocycles. The van der Waals surface area contributed by atoms with Crippen LogP contribution < -0.4 is 0 Å². The maximum absolute atomic E-state index is 13.7. The van der Waals surface area contributed by atoms with E-state index < -0.39 is 6.04 Å². The van der Waals surface area contributed by atoms with Crippen molar-refractivity contribution >= 4 is 34.1 Å². The van der Waals surface area contributed by atoms with Crippen LogP contribution in [0.25, 0.3) is 22.2 Å². The number of carbonyl (C=O) groups is 3. The van der Waals surface area contributed by atoms with Gasteiger partial charge in [0.05, 0.1) is 22.9 Å². The normalized spacial score (nSPS) is 20.7. The van der Waals surface area contributed by atoms with E-state index in [0.717, 1.165) is 12.0 Å². The lowest BCUT2D eigenvalue weighted by molar-refractivity contribution is -0.137. The average molecular weight is 512 g/mol. The van der Waals surface area contributed by atoms with E-state index in [1.54, 1.807) is 42.4 Å². The number of Topliss-reactive ketones (excluding diaryl/α,β-unsaturated/α-hetero) is 2. The monoisotopic (exact) mass is 511 g/mol. The summed E-state index contributed by atoms with van der Waals surface area (Å²) in [6.45, 7) is 10.4. The number of fused-ring (bicyclic) bond motifs is 2. The molecule has 2 fully saturated rings. The summed E-state index contributed by atoms with van der Waals surface area (Å²) >= 11 is 0. The third-order valence-electron chi connectivity index (χ3n) is 7.10. The minimum Gasteiger partial charge on any atom is -0.327 e. The molecule has 38 heavy (non-hydrogen) atoms. The summed E-state index contributed by atoms with van der Waals surface area (Å²) < 4.78 is 1.54. The summed E-state index contributed by atoms with van der Waals surface area (Å²) in [4.78, 5) is 58.5. The molecule has 3 aromatic heterocycles. The molecule has 3 aromatic rings. The third-order valence-corrected chi connectivity index (χ3v) is 7.10. The fraction of sp³-hybridized carbons (Fsp3) is 0.357. The van der Waals surface area contributed by atoms with Crippen molar-refractivity contribution in [3.63, 3.8) is 0 Å². The fourth-order valence-corrected chi connectivity index (χ4v) is 5.32. The maximum atomic E-state index is 13.7. The van der Waals surface area contributed by atoms with Gasteiger partial charge in [-0.1, -0.05) is 12.7 Å². The largest absolute Gasteiger partial charge is 0.327 e. The summed E-state index contributed by atoms with van der Waals surface area (Å²) in [5.74, 6) is 0.328. The molecule has 194 valence electrons. The molecule has 0 N–H and O–H groups in total. The number of ketones is 2. The van der Waals surface area contributed by atoms with Gasteiger partial charge < -0.3 is 4.90 Å². The highest BCUT2D eigenvalue weighted by Gasteiger charge is 2.56. The molecule has 3 atom stereocenters. The van der Waals surface area contributed by atoms with Crippen LogP contribution in [0.3, 0.4) is 0 Å². The van der Waals surface area contributed by atoms with Crippen LogP contribution in [0.4, 0.5) is 0 Å². The predicted octanol–water partition coefficient (Wildman–Crippen LogP) is 3.43. The van der Waals surface area contributed by atoms with Crippen molar-refractivity contribution < 1.29 is 14.4 Å². The van der Waals surface area contributed by atoms with Gasteiger partial charge in [0.1, 0.15) is 23.8 Å². The van der Waals surface area contributed by atoms with E-state index in [9.17, 15) is 14.4 Å². The highest BCUT2D eigenvalue weighted by atomic mass is 16.2. The molecular weight excluding hydrogens is 482 g/mol. The number of pyridine rings is 1. The maximum Gasteiger partial charge on any atom is 0.245 e. The Bertz CT molecular complexity index is 1530. The zero-order valence-electron chi connectivity index (χ0n) is 21.9. The molecule has 0 aromatic carbocycles. The van der Waals surface area contributed by atoms with E-state index in [1.807, 2.05) is 13.8 Å². The van der Waals surface area contributed by atoms with Crippen molar-refractivity contribution in [2.75, 3.05) is 0 Å². The number of hydrogen-bond donors (Lipinski definition) is 0. The molecule has 2 aliphatic rings. The van der Waals surface area contributed by atoms with Crippen molar-refractivity contribution in [2.45, 2.75) is 59.2 Å². The van der Waals surface area contributed by atoms with E-state index >= 15 is 0 Å². The van der Waals surface area contributed by atoms with Gasteiger partial charge in [0.15, 0.2) is 5.78 Å². The molecule has 0 unspecified atom stereocenters. The lowest BCUT2D eigenvalue weighted by Gasteiger charge is -2.26. The molecule has 0 radical (unpaired) electrons. The summed E-state index contributed by atoms with van der Waals surface area (Å²) in [6, 6.07) is 1.24. The Morgan fingerprint density at radius 1 is 1.18 bits per heavy atom. The second-order valence-corrected chi connectivity index (χ2v) is 9.75. The highest BCUT2D eigenvalue weighted by Crippen LogP contribution is 2.48. The molecule has 1 saturated carbocycles. The topological polar surface area (TPSA) is 123 Å². The number of aromatic nitrogens is 5. The minimum absolute atomic E-state index is 0.0357. The Morgan fingerprint density at radius 3 is 2.58 bits per heavy atom. The highest BCUT2D eigenvalue weighted by molar-refractivity contribution is 6.46. The molecule has 0 spiro atoms. The number of rotatable bonds is 8. The van der Waals surface area contributed by atoms with Gasteiger partial charge in [-0.15, -0.1) is 0 Å². The first-order valence-corrected chi connectivity index (χ1v) is 12.6. The van der Waals surface area contributed by atoms with Crippen LogP contribution in [-0.4, -0.2) is 64.9 Å². The number of allylic oxidation sites excluding steroid dienone is 2. The number of likely N-dealkylation sites (tertiary alicyclic amines) is 1. The number of hydrogen-bond acceptors (Lipinski definition) is 8. The molecule has 1 saturated heterocycles. The standard InChI is InChI=1S/C28H29N7O3/c1-6-8-21(29-7-2)28(38)24-10-18-9-23(18)35(24)25(37)14-34-27-15(3)32-22(19-12-30-17(5)31-13-19)11-20(27)26(33-34)16(4)36/h6-8,11-13,18,23-24H,2,9-10,14H2,1,3-5H3/b8-6-,29-21?/t18-,23-,24+/m1/s1. The first-order valence-electron chi connectivity index (χ1n) is 12.6.